The van der Waals surface area contributed by atoms with E-state index in [4.69, 9.17) is 9.84 Å². The number of aliphatic hydroxyl groups is 1. The molecule has 0 spiro atoms. The molecule has 0 aliphatic rings. The van der Waals surface area contributed by atoms with Gasteiger partial charge in [-0.25, -0.2) is 4.79 Å². The zero-order valence-electron chi connectivity index (χ0n) is 10.3. The first-order chi connectivity index (χ1) is 8.59. The Kier molecular flexibility index (Phi) is 6.11. The fraction of sp³-hybridized carbons (Fsp3) is 0.357. The maximum Gasteiger partial charge on any atom is 0.327 e. The van der Waals surface area contributed by atoms with E-state index in [1.807, 2.05) is 30.3 Å². The van der Waals surface area contributed by atoms with Crippen molar-refractivity contribution in [1.82, 2.24) is 0 Å². The fourth-order valence-electron chi connectivity index (χ4n) is 1.39. The summed E-state index contributed by atoms with van der Waals surface area (Å²) < 4.78 is 5.38. The average molecular weight is 250 g/mol. The van der Waals surface area contributed by atoms with Crippen LogP contribution in [0.5, 0.6) is 0 Å². The highest BCUT2D eigenvalue weighted by molar-refractivity contribution is 5.79. The maximum absolute atomic E-state index is 10.3. The number of ether oxygens (including phenoxy) is 1. The minimum atomic E-state index is -1.01. The maximum atomic E-state index is 10.3. The Hall–Kier alpha value is -1.65. The van der Waals surface area contributed by atoms with Gasteiger partial charge in [0.05, 0.1) is 19.3 Å². The number of aliphatic carboxylic acids is 1. The van der Waals surface area contributed by atoms with Crippen molar-refractivity contribution in [2.24, 2.45) is 5.92 Å². The number of rotatable bonds is 7. The van der Waals surface area contributed by atoms with Gasteiger partial charge >= 0.3 is 5.97 Å². The normalized spacial score (nSPS) is 14.6. The first-order valence-electron chi connectivity index (χ1n) is 5.80. The van der Waals surface area contributed by atoms with Crippen LogP contribution in [0.3, 0.4) is 0 Å². The van der Waals surface area contributed by atoms with Crippen LogP contribution in [0.25, 0.3) is 0 Å². The molecule has 0 aromatic heterocycles. The molecule has 0 saturated heterocycles. The zero-order valence-corrected chi connectivity index (χ0v) is 10.3. The van der Waals surface area contributed by atoms with Gasteiger partial charge in [0, 0.05) is 12.0 Å². The number of carboxylic acids is 1. The second-order valence-electron chi connectivity index (χ2n) is 4.12. The number of benzene rings is 1. The number of hydrogen-bond donors (Lipinski definition) is 2. The van der Waals surface area contributed by atoms with E-state index in [0.29, 0.717) is 6.61 Å². The van der Waals surface area contributed by atoms with Gasteiger partial charge in [0.1, 0.15) is 0 Å². The summed E-state index contributed by atoms with van der Waals surface area (Å²) in [6.07, 6.45) is 1.79. The van der Waals surface area contributed by atoms with Crippen molar-refractivity contribution in [2.45, 2.75) is 19.6 Å². The number of aliphatic hydroxyl groups excluding tert-OH is 1. The number of carboxylic acid groups (broad SMARTS) is 1. The van der Waals surface area contributed by atoms with Crippen LogP contribution in [0.15, 0.2) is 42.5 Å². The summed E-state index contributed by atoms with van der Waals surface area (Å²) in [6, 6.07) is 9.66. The van der Waals surface area contributed by atoms with Crippen LogP contribution in [0.2, 0.25) is 0 Å². The Bertz CT molecular complexity index is 386. The lowest BCUT2D eigenvalue weighted by atomic mass is 10.1. The lowest BCUT2D eigenvalue weighted by Crippen LogP contribution is -2.22. The van der Waals surface area contributed by atoms with E-state index in [1.54, 1.807) is 6.92 Å². The van der Waals surface area contributed by atoms with Crippen molar-refractivity contribution in [2.75, 3.05) is 6.61 Å². The van der Waals surface area contributed by atoms with Crippen LogP contribution >= 0.6 is 0 Å². The lowest BCUT2D eigenvalue weighted by molar-refractivity contribution is -0.131. The molecule has 0 aliphatic heterocycles. The van der Waals surface area contributed by atoms with E-state index in [2.05, 4.69) is 0 Å². The van der Waals surface area contributed by atoms with Gasteiger partial charge < -0.3 is 14.9 Å². The minimum absolute atomic E-state index is 0.181. The van der Waals surface area contributed by atoms with Crippen molar-refractivity contribution in [3.8, 4) is 0 Å². The van der Waals surface area contributed by atoms with E-state index < -0.39 is 12.1 Å². The standard InChI is InChI=1S/C14H18O4/c1-11(7-8-14(16)17)13(15)10-18-9-12-5-3-2-4-6-12/h2-8,11,13,15H,9-10H2,1H3,(H,16,17)/b8-7+/t11-,13-/m0/s1. The van der Waals surface area contributed by atoms with Crippen LogP contribution in [0.1, 0.15) is 12.5 Å². The largest absolute Gasteiger partial charge is 0.478 e. The predicted octanol–water partition coefficient (Wildman–Crippen LogP) is 1.84. The van der Waals surface area contributed by atoms with E-state index >= 15 is 0 Å². The van der Waals surface area contributed by atoms with Gasteiger partial charge in [0.15, 0.2) is 0 Å². The number of hydrogen-bond acceptors (Lipinski definition) is 3. The Morgan fingerprint density at radius 2 is 2.06 bits per heavy atom. The fourth-order valence-corrected chi connectivity index (χ4v) is 1.39. The average Bonchev–Trinajstić information content (AvgIpc) is 2.37. The molecule has 4 heteroatoms. The molecule has 0 saturated carbocycles. The van der Waals surface area contributed by atoms with Crippen molar-refractivity contribution in [3.63, 3.8) is 0 Å². The molecule has 0 heterocycles. The summed E-state index contributed by atoms with van der Waals surface area (Å²) in [4.78, 5) is 10.3. The molecule has 2 N–H and O–H groups in total. The molecule has 0 fully saturated rings. The molecule has 1 aromatic carbocycles. The minimum Gasteiger partial charge on any atom is -0.478 e. The van der Waals surface area contributed by atoms with Gasteiger partial charge in [0.25, 0.3) is 0 Å². The molecule has 18 heavy (non-hydrogen) atoms. The van der Waals surface area contributed by atoms with Gasteiger partial charge in [-0.05, 0) is 5.56 Å². The molecule has 0 unspecified atom stereocenters. The second-order valence-corrected chi connectivity index (χ2v) is 4.12. The third-order valence-corrected chi connectivity index (χ3v) is 2.55. The van der Waals surface area contributed by atoms with Gasteiger partial charge in [-0.1, -0.05) is 43.3 Å². The van der Waals surface area contributed by atoms with Crippen molar-refractivity contribution in [3.05, 3.63) is 48.0 Å². The molecule has 98 valence electrons. The van der Waals surface area contributed by atoms with Crippen molar-refractivity contribution >= 4 is 5.97 Å². The van der Waals surface area contributed by atoms with Crippen LogP contribution < -0.4 is 0 Å². The predicted molar refractivity (Wildman–Crippen MR) is 68.0 cm³/mol. The summed E-state index contributed by atoms with van der Waals surface area (Å²) in [5.41, 5.74) is 1.04. The van der Waals surface area contributed by atoms with E-state index in [9.17, 15) is 9.90 Å². The first-order valence-corrected chi connectivity index (χ1v) is 5.80. The highest BCUT2D eigenvalue weighted by atomic mass is 16.5. The van der Waals surface area contributed by atoms with Gasteiger partial charge in [-0.2, -0.15) is 0 Å². The summed E-state index contributed by atoms with van der Waals surface area (Å²) in [5.74, 6) is -1.27. The Labute approximate surface area is 107 Å². The second kappa shape index (κ2) is 7.63. The molecule has 1 rings (SSSR count). The quantitative estimate of drug-likeness (QED) is 0.725. The van der Waals surface area contributed by atoms with Crippen LogP contribution in [-0.2, 0) is 16.1 Å². The Morgan fingerprint density at radius 3 is 2.67 bits per heavy atom. The molecular formula is C14H18O4. The van der Waals surface area contributed by atoms with Crippen molar-refractivity contribution < 1.29 is 19.7 Å². The molecule has 0 aliphatic carbocycles. The third-order valence-electron chi connectivity index (χ3n) is 2.55. The monoisotopic (exact) mass is 250 g/mol. The summed E-state index contributed by atoms with van der Waals surface area (Å²) in [5, 5.41) is 18.2. The smallest absolute Gasteiger partial charge is 0.327 e. The van der Waals surface area contributed by atoms with Gasteiger partial charge in [-0.15, -0.1) is 0 Å². The summed E-state index contributed by atoms with van der Waals surface area (Å²) in [7, 11) is 0. The highest BCUT2D eigenvalue weighted by Gasteiger charge is 2.11. The molecular weight excluding hydrogens is 232 g/mol. The van der Waals surface area contributed by atoms with Crippen LogP contribution in [-0.4, -0.2) is 28.9 Å². The van der Waals surface area contributed by atoms with Crippen LogP contribution in [0, 0.1) is 5.92 Å². The zero-order chi connectivity index (χ0) is 13.4. The summed E-state index contributed by atoms with van der Waals surface area (Å²) >= 11 is 0. The molecule has 0 bridgehead atoms. The molecule has 0 amide bonds. The lowest BCUT2D eigenvalue weighted by Gasteiger charge is -2.15. The topological polar surface area (TPSA) is 66.8 Å². The van der Waals surface area contributed by atoms with Crippen LogP contribution in [0.4, 0.5) is 0 Å². The molecule has 4 nitrogen and oxygen atoms in total. The van der Waals surface area contributed by atoms with Gasteiger partial charge in [-0.3, -0.25) is 0 Å². The Morgan fingerprint density at radius 1 is 1.39 bits per heavy atom. The van der Waals surface area contributed by atoms with Gasteiger partial charge in [0.2, 0.25) is 0 Å². The van der Waals surface area contributed by atoms with E-state index in [0.717, 1.165) is 11.6 Å². The third kappa shape index (κ3) is 5.61. The first kappa shape index (κ1) is 14.4. The highest BCUT2D eigenvalue weighted by Crippen LogP contribution is 2.07. The molecule has 0 radical (unpaired) electrons. The Balaban J connectivity index is 2.28. The van der Waals surface area contributed by atoms with E-state index in [1.165, 1.54) is 6.08 Å². The van der Waals surface area contributed by atoms with E-state index in [-0.39, 0.29) is 12.5 Å². The summed E-state index contributed by atoms with van der Waals surface area (Å²) in [6.45, 7) is 2.36. The molecule has 1 aromatic rings. The van der Waals surface area contributed by atoms with Crippen molar-refractivity contribution in [1.29, 1.82) is 0 Å². The molecule has 2 atom stereocenters. The SMILES string of the molecule is C[C@@H](/C=C/C(=O)O)[C@@H](O)COCc1ccccc1. The number of carbonyl (C=O) groups is 1.